The highest BCUT2D eigenvalue weighted by Gasteiger charge is 1.64. The van der Waals surface area contributed by atoms with Crippen LogP contribution in [0.15, 0.2) is 29.8 Å². The van der Waals surface area contributed by atoms with E-state index < -0.39 is 0 Å². The monoisotopic (exact) mass is 120 g/mol. The summed E-state index contributed by atoms with van der Waals surface area (Å²) in [6.07, 6.45) is 6.70. The van der Waals surface area contributed by atoms with Crippen LogP contribution < -0.4 is 0 Å². The van der Waals surface area contributed by atoms with Crippen LogP contribution in [0.1, 0.15) is 0 Å². The molecule has 0 radical (unpaired) electrons. The number of aliphatic imine (C=N–C) groups is 1. The maximum Gasteiger partial charge on any atom is 0.126 e. The molecule has 0 aromatic carbocycles. The van der Waals surface area contributed by atoms with Crippen LogP contribution in [-0.4, -0.2) is 12.8 Å². The second kappa shape index (κ2) is 6.64. The van der Waals surface area contributed by atoms with Gasteiger partial charge in [-0.25, -0.2) is 0 Å². The SMILES string of the molecule is C=C/C=C\C=NCC#N. The van der Waals surface area contributed by atoms with Crippen molar-refractivity contribution in [2.75, 3.05) is 6.54 Å². The molecule has 0 aliphatic carbocycles. The summed E-state index contributed by atoms with van der Waals surface area (Å²) in [5, 5.41) is 8.01. The summed E-state index contributed by atoms with van der Waals surface area (Å²) in [5.74, 6) is 0. The molecule has 0 amide bonds. The molecular weight excluding hydrogens is 112 g/mol. The van der Waals surface area contributed by atoms with Gasteiger partial charge in [0.25, 0.3) is 0 Å². The Bertz CT molecular complexity index is 160. The van der Waals surface area contributed by atoms with E-state index in [1.54, 1.807) is 24.4 Å². The lowest BCUT2D eigenvalue weighted by Crippen LogP contribution is -1.70. The minimum Gasteiger partial charge on any atom is -0.278 e. The van der Waals surface area contributed by atoms with Gasteiger partial charge in [0.05, 0.1) is 6.07 Å². The van der Waals surface area contributed by atoms with E-state index in [9.17, 15) is 0 Å². The summed E-state index contributed by atoms with van der Waals surface area (Å²) in [7, 11) is 0. The lowest BCUT2D eigenvalue weighted by molar-refractivity contribution is 1.25. The molecule has 2 nitrogen and oxygen atoms in total. The van der Waals surface area contributed by atoms with Crippen molar-refractivity contribution < 1.29 is 0 Å². The molecule has 9 heavy (non-hydrogen) atoms. The van der Waals surface area contributed by atoms with Gasteiger partial charge in [0.2, 0.25) is 0 Å². The highest BCUT2D eigenvalue weighted by Crippen LogP contribution is 1.69. The van der Waals surface area contributed by atoms with Gasteiger partial charge in [-0.1, -0.05) is 18.7 Å². The molecule has 0 N–H and O–H groups in total. The van der Waals surface area contributed by atoms with E-state index in [1.807, 2.05) is 6.07 Å². The molecule has 0 aromatic rings. The van der Waals surface area contributed by atoms with Crippen molar-refractivity contribution in [3.63, 3.8) is 0 Å². The van der Waals surface area contributed by atoms with Gasteiger partial charge in [0.15, 0.2) is 0 Å². The van der Waals surface area contributed by atoms with Gasteiger partial charge in [-0.2, -0.15) is 5.26 Å². The third kappa shape index (κ3) is 6.64. The number of hydrogen-bond donors (Lipinski definition) is 0. The highest BCUT2D eigenvalue weighted by molar-refractivity contribution is 5.71. The smallest absolute Gasteiger partial charge is 0.126 e. The second-order valence-electron chi connectivity index (χ2n) is 1.27. The van der Waals surface area contributed by atoms with Crippen LogP contribution >= 0.6 is 0 Å². The normalized spacial score (nSPS) is 10.1. The average Bonchev–Trinajstić information content (AvgIpc) is 1.89. The van der Waals surface area contributed by atoms with E-state index in [2.05, 4.69) is 11.6 Å². The van der Waals surface area contributed by atoms with Crippen LogP contribution in [-0.2, 0) is 0 Å². The number of allylic oxidation sites excluding steroid dienone is 3. The van der Waals surface area contributed by atoms with Gasteiger partial charge in [0, 0.05) is 6.21 Å². The van der Waals surface area contributed by atoms with E-state index >= 15 is 0 Å². The topological polar surface area (TPSA) is 36.1 Å². The largest absolute Gasteiger partial charge is 0.278 e. The first kappa shape index (κ1) is 7.64. The van der Waals surface area contributed by atoms with Gasteiger partial charge in [-0.05, 0) is 6.08 Å². The molecular formula is C7H8N2. The van der Waals surface area contributed by atoms with Crippen molar-refractivity contribution in [3.05, 3.63) is 24.8 Å². The quantitative estimate of drug-likeness (QED) is 0.314. The molecule has 0 rings (SSSR count). The lowest BCUT2D eigenvalue weighted by Gasteiger charge is -1.71. The number of rotatable bonds is 3. The van der Waals surface area contributed by atoms with Crippen molar-refractivity contribution in [2.24, 2.45) is 4.99 Å². The molecule has 0 unspecified atom stereocenters. The first-order valence-electron chi connectivity index (χ1n) is 2.56. The molecule has 0 saturated heterocycles. The summed E-state index contributed by atoms with van der Waals surface area (Å²) < 4.78 is 0. The fraction of sp³-hybridized carbons (Fsp3) is 0.143. The average molecular weight is 120 g/mol. The van der Waals surface area contributed by atoms with E-state index in [1.165, 1.54) is 0 Å². The Kier molecular flexibility index (Phi) is 5.64. The first-order chi connectivity index (χ1) is 4.41. The predicted molar refractivity (Wildman–Crippen MR) is 38.3 cm³/mol. The van der Waals surface area contributed by atoms with Gasteiger partial charge in [0.1, 0.15) is 6.54 Å². The fourth-order valence-electron chi connectivity index (χ4n) is 0.283. The zero-order valence-corrected chi connectivity index (χ0v) is 5.12. The number of hydrogen-bond acceptors (Lipinski definition) is 2. The summed E-state index contributed by atoms with van der Waals surface area (Å²) in [6, 6.07) is 1.89. The maximum absolute atomic E-state index is 8.01. The molecule has 0 atom stereocenters. The minimum atomic E-state index is 0.224. The van der Waals surface area contributed by atoms with Crippen molar-refractivity contribution in [3.8, 4) is 6.07 Å². The summed E-state index contributed by atoms with van der Waals surface area (Å²) in [4.78, 5) is 3.71. The minimum absolute atomic E-state index is 0.224. The Morgan fingerprint density at radius 2 is 2.33 bits per heavy atom. The fourth-order valence-corrected chi connectivity index (χ4v) is 0.283. The van der Waals surface area contributed by atoms with E-state index in [0.717, 1.165) is 0 Å². The second-order valence-corrected chi connectivity index (χ2v) is 1.27. The molecule has 2 heteroatoms. The van der Waals surface area contributed by atoms with Gasteiger partial charge in [-0.15, -0.1) is 0 Å². The third-order valence-corrected chi connectivity index (χ3v) is 0.601. The molecule has 46 valence electrons. The van der Waals surface area contributed by atoms with E-state index in [-0.39, 0.29) is 6.54 Å². The molecule has 0 aliphatic rings. The van der Waals surface area contributed by atoms with Crippen LogP contribution in [0.4, 0.5) is 0 Å². The van der Waals surface area contributed by atoms with Crippen LogP contribution in [0.3, 0.4) is 0 Å². The Morgan fingerprint density at radius 3 is 2.89 bits per heavy atom. The Morgan fingerprint density at radius 1 is 1.56 bits per heavy atom. The van der Waals surface area contributed by atoms with Crippen molar-refractivity contribution in [2.45, 2.75) is 0 Å². The van der Waals surface area contributed by atoms with Crippen LogP contribution in [0.5, 0.6) is 0 Å². The standard InChI is InChI=1S/C7H8N2/c1-2-3-4-6-9-7-5-8/h2-4,6H,1,7H2/b4-3-,9-6?. The number of nitrogens with zero attached hydrogens (tertiary/aromatic N) is 2. The van der Waals surface area contributed by atoms with Crippen molar-refractivity contribution in [1.29, 1.82) is 5.26 Å². The Labute approximate surface area is 54.8 Å². The molecule has 0 aliphatic heterocycles. The Balaban J connectivity index is 3.37. The first-order valence-corrected chi connectivity index (χ1v) is 2.56. The predicted octanol–water partition coefficient (Wildman–Crippen LogP) is 1.32. The Hall–Kier alpha value is -1.36. The third-order valence-electron chi connectivity index (χ3n) is 0.601. The molecule has 0 spiro atoms. The zero-order valence-electron chi connectivity index (χ0n) is 5.12. The van der Waals surface area contributed by atoms with Crippen LogP contribution in [0, 0.1) is 11.3 Å². The molecule has 0 saturated carbocycles. The highest BCUT2D eigenvalue weighted by atomic mass is 14.7. The van der Waals surface area contributed by atoms with E-state index in [0.29, 0.717) is 0 Å². The van der Waals surface area contributed by atoms with Gasteiger partial charge < -0.3 is 0 Å². The van der Waals surface area contributed by atoms with Crippen LogP contribution in [0.25, 0.3) is 0 Å². The summed E-state index contributed by atoms with van der Waals surface area (Å²) >= 11 is 0. The van der Waals surface area contributed by atoms with Gasteiger partial charge in [-0.3, -0.25) is 4.99 Å². The van der Waals surface area contributed by atoms with Gasteiger partial charge >= 0.3 is 0 Å². The van der Waals surface area contributed by atoms with E-state index in [4.69, 9.17) is 5.26 Å². The molecule has 0 heterocycles. The van der Waals surface area contributed by atoms with Crippen molar-refractivity contribution >= 4 is 6.21 Å². The van der Waals surface area contributed by atoms with Crippen LogP contribution in [0.2, 0.25) is 0 Å². The summed E-state index contributed by atoms with van der Waals surface area (Å²) in [6.45, 7) is 3.69. The zero-order chi connectivity index (χ0) is 6.95. The molecule has 0 bridgehead atoms. The van der Waals surface area contributed by atoms with Crippen molar-refractivity contribution in [1.82, 2.24) is 0 Å². The molecule has 0 fully saturated rings. The summed E-state index contributed by atoms with van der Waals surface area (Å²) in [5.41, 5.74) is 0. The molecule has 0 aromatic heterocycles. The lowest BCUT2D eigenvalue weighted by atomic mass is 10.5. The maximum atomic E-state index is 8.01. The number of nitriles is 1.